The van der Waals surface area contributed by atoms with Gasteiger partial charge in [-0.05, 0) is 43.7 Å². The molecule has 0 amide bonds. The van der Waals surface area contributed by atoms with Gasteiger partial charge >= 0.3 is 0 Å². The van der Waals surface area contributed by atoms with Gasteiger partial charge < -0.3 is 19.9 Å². The van der Waals surface area contributed by atoms with Crippen LogP contribution in [0.15, 0.2) is 34.8 Å². The van der Waals surface area contributed by atoms with Gasteiger partial charge in [0.05, 0.1) is 17.7 Å². The van der Waals surface area contributed by atoms with E-state index in [1.54, 1.807) is 25.1 Å². The molecule has 4 nitrogen and oxygen atoms in total. The smallest absolute Gasteiger partial charge is 0.162 e. The molecule has 0 bridgehead atoms. The Morgan fingerprint density at radius 2 is 2.00 bits per heavy atom. The molecule has 0 heterocycles. The van der Waals surface area contributed by atoms with Crippen LogP contribution in [0, 0.1) is 5.82 Å². The minimum atomic E-state index is -0.423. The third kappa shape index (κ3) is 5.84. The average molecular weight is 447 g/mol. The summed E-state index contributed by atoms with van der Waals surface area (Å²) in [6.07, 6.45) is -0.423. The SMILES string of the molecule is CCOc1cc(CNCC(C)O)c(Br)cc1OCc1c(F)cccc1Cl. The van der Waals surface area contributed by atoms with Gasteiger partial charge in [-0.25, -0.2) is 4.39 Å². The maximum Gasteiger partial charge on any atom is 0.162 e. The van der Waals surface area contributed by atoms with Gasteiger partial charge in [-0.1, -0.05) is 33.6 Å². The van der Waals surface area contributed by atoms with Gasteiger partial charge in [0, 0.05) is 23.1 Å². The number of hydrogen-bond donors (Lipinski definition) is 2. The quantitative estimate of drug-likeness (QED) is 0.587. The van der Waals surface area contributed by atoms with E-state index in [-0.39, 0.29) is 6.61 Å². The van der Waals surface area contributed by atoms with Crippen molar-refractivity contribution in [2.75, 3.05) is 13.2 Å². The van der Waals surface area contributed by atoms with E-state index in [1.165, 1.54) is 6.07 Å². The van der Waals surface area contributed by atoms with Gasteiger partial charge in [0.15, 0.2) is 11.5 Å². The van der Waals surface area contributed by atoms with E-state index < -0.39 is 11.9 Å². The molecule has 2 aromatic carbocycles. The maximum absolute atomic E-state index is 13.9. The van der Waals surface area contributed by atoms with Gasteiger partial charge in [-0.3, -0.25) is 0 Å². The minimum Gasteiger partial charge on any atom is -0.490 e. The van der Waals surface area contributed by atoms with Crippen LogP contribution in [0.3, 0.4) is 0 Å². The fraction of sp³-hybridized carbons (Fsp3) is 0.368. The Labute approximate surface area is 166 Å². The van der Waals surface area contributed by atoms with E-state index >= 15 is 0 Å². The van der Waals surface area contributed by atoms with Crippen LogP contribution in [0.5, 0.6) is 11.5 Å². The summed E-state index contributed by atoms with van der Waals surface area (Å²) in [5.74, 6) is 0.655. The molecule has 0 saturated carbocycles. The van der Waals surface area contributed by atoms with Crippen LogP contribution in [0.4, 0.5) is 4.39 Å². The molecule has 0 aromatic heterocycles. The van der Waals surface area contributed by atoms with Crippen molar-refractivity contribution in [1.82, 2.24) is 5.32 Å². The third-order valence-corrected chi connectivity index (χ3v) is 4.69. The lowest BCUT2D eigenvalue weighted by Gasteiger charge is -2.16. The van der Waals surface area contributed by atoms with Gasteiger partial charge in [0.25, 0.3) is 0 Å². The minimum absolute atomic E-state index is 0.00234. The lowest BCUT2D eigenvalue weighted by molar-refractivity contribution is 0.191. The van der Waals surface area contributed by atoms with Crippen molar-refractivity contribution in [3.8, 4) is 11.5 Å². The number of nitrogens with one attached hydrogen (secondary N) is 1. The standard InChI is InChI=1S/C19H22BrClFNO3/c1-3-25-18-7-13(10-23-9-12(2)24)15(20)8-19(18)26-11-14-16(21)5-4-6-17(14)22/h4-8,12,23-24H,3,9-11H2,1-2H3. The normalized spacial score (nSPS) is 12.1. The zero-order valence-corrected chi connectivity index (χ0v) is 17.0. The van der Waals surface area contributed by atoms with Crippen molar-refractivity contribution in [1.29, 1.82) is 0 Å². The molecule has 1 atom stereocenters. The van der Waals surface area contributed by atoms with Crippen molar-refractivity contribution in [2.45, 2.75) is 33.1 Å². The lowest BCUT2D eigenvalue weighted by atomic mass is 10.2. The van der Waals surface area contributed by atoms with Crippen LogP contribution in [0.1, 0.15) is 25.0 Å². The summed E-state index contributed by atoms with van der Waals surface area (Å²) in [4.78, 5) is 0. The highest BCUT2D eigenvalue weighted by molar-refractivity contribution is 9.10. The zero-order chi connectivity index (χ0) is 19.1. The first-order valence-electron chi connectivity index (χ1n) is 8.32. The molecule has 2 rings (SSSR count). The fourth-order valence-electron chi connectivity index (χ4n) is 2.33. The number of aliphatic hydroxyl groups excluding tert-OH is 1. The van der Waals surface area contributed by atoms with E-state index in [9.17, 15) is 9.50 Å². The number of halogens is 3. The maximum atomic E-state index is 13.9. The van der Waals surface area contributed by atoms with E-state index in [0.717, 1.165) is 10.0 Å². The molecule has 7 heteroatoms. The first kappa shape index (κ1) is 21.0. The summed E-state index contributed by atoms with van der Waals surface area (Å²) in [6, 6.07) is 8.18. The Morgan fingerprint density at radius 3 is 2.65 bits per heavy atom. The van der Waals surface area contributed by atoms with Crippen LogP contribution in [0.25, 0.3) is 0 Å². The van der Waals surface area contributed by atoms with Gasteiger partial charge in [0.2, 0.25) is 0 Å². The Morgan fingerprint density at radius 1 is 1.27 bits per heavy atom. The molecule has 142 valence electrons. The Bertz CT molecular complexity index is 723. The predicted octanol–water partition coefficient (Wildman–Crippen LogP) is 4.69. The number of hydrogen-bond acceptors (Lipinski definition) is 4. The number of aliphatic hydroxyl groups is 1. The van der Waals surface area contributed by atoms with Crippen LogP contribution >= 0.6 is 27.5 Å². The van der Waals surface area contributed by atoms with E-state index in [1.807, 2.05) is 13.0 Å². The van der Waals surface area contributed by atoms with Crippen LogP contribution in [-0.2, 0) is 13.2 Å². The molecule has 0 spiro atoms. The number of rotatable bonds is 9. The summed E-state index contributed by atoms with van der Waals surface area (Å²) in [7, 11) is 0. The van der Waals surface area contributed by atoms with Gasteiger partial charge in [-0.15, -0.1) is 0 Å². The molecule has 0 radical (unpaired) electrons. The molecule has 0 aliphatic heterocycles. The van der Waals surface area contributed by atoms with Crippen LogP contribution in [-0.4, -0.2) is 24.4 Å². The van der Waals surface area contributed by atoms with Crippen molar-refractivity contribution < 1.29 is 19.0 Å². The average Bonchev–Trinajstić information content (AvgIpc) is 2.57. The highest BCUT2D eigenvalue weighted by Gasteiger charge is 2.14. The van der Waals surface area contributed by atoms with Gasteiger partial charge in [-0.2, -0.15) is 0 Å². The van der Waals surface area contributed by atoms with Crippen LogP contribution in [0.2, 0.25) is 5.02 Å². The second-order valence-electron chi connectivity index (χ2n) is 5.79. The summed E-state index contributed by atoms with van der Waals surface area (Å²) >= 11 is 9.56. The summed E-state index contributed by atoms with van der Waals surface area (Å²) < 4.78 is 26.2. The fourth-order valence-corrected chi connectivity index (χ4v) is 3.01. The topological polar surface area (TPSA) is 50.7 Å². The molecule has 0 saturated heterocycles. The molecular formula is C19H22BrClFNO3. The van der Waals surface area contributed by atoms with E-state index in [0.29, 0.717) is 41.8 Å². The van der Waals surface area contributed by atoms with E-state index in [2.05, 4.69) is 21.2 Å². The number of ether oxygens (including phenoxy) is 2. The van der Waals surface area contributed by atoms with Crippen molar-refractivity contribution in [3.63, 3.8) is 0 Å². The highest BCUT2D eigenvalue weighted by Crippen LogP contribution is 2.35. The first-order chi connectivity index (χ1) is 12.4. The molecule has 26 heavy (non-hydrogen) atoms. The summed E-state index contributed by atoms with van der Waals surface area (Å²) in [5, 5.41) is 12.8. The Kier molecular flexibility index (Phi) is 8.15. The Hall–Kier alpha value is -1.34. The van der Waals surface area contributed by atoms with Crippen molar-refractivity contribution in [2.24, 2.45) is 0 Å². The molecule has 0 fully saturated rings. The molecule has 0 aliphatic carbocycles. The van der Waals surface area contributed by atoms with E-state index in [4.69, 9.17) is 21.1 Å². The predicted molar refractivity (Wildman–Crippen MR) is 104 cm³/mol. The largest absolute Gasteiger partial charge is 0.490 e. The molecule has 2 aromatic rings. The Balaban J connectivity index is 2.17. The van der Waals surface area contributed by atoms with Crippen LogP contribution < -0.4 is 14.8 Å². The second kappa shape index (κ2) is 10.1. The number of benzene rings is 2. The summed E-state index contributed by atoms with van der Waals surface area (Å²) in [6.45, 7) is 5.12. The highest BCUT2D eigenvalue weighted by atomic mass is 79.9. The summed E-state index contributed by atoms with van der Waals surface area (Å²) in [5.41, 5.74) is 1.26. The zero-order valence-electron chi connectivity index (χ0n) is 14.7. The van der Waals surface area contributed by atoms with Crippen molar-refractivity contribution >= 4 is 27.5 Å². The van der Waals surface area contributed by atoms with Crippen molar-refractivity contribution in [3.05, 3.63) is 56.8 Å². The lowest BCUT2D eigenvalue weighted by Crippen LogP contribution is -2.24. The second-order valence-corrected chi connectivity index (χ2v) is 7.05. The molecule has 0 aliphatic rings. The third-order valence-electron chi connectivity index (χ3n) is 3.60. The monoisotopic (exact) mass is 445 g/mol. The molecular weight excluding hydrogens is 425 g/mol. The van der Waals surface area contributed by atoms with Gasteiger partial charge in [0.1, 0.15) is 12.4 Å². The molecule has 1 unspecified atom stereocenters. The first-order valence-corrected chi connectivity index (χ1v) is 9.49. The molecule has 2 N–H and O–H groups in total.